The van der Waals surface area contributed by atoms with E-state index in [1.54, 1.807) is 0 Å². The van der Waals surface area contributed by atoms with Gasteiger partial charge in [-0.2, -0.15) is 0 Å². The van der Waals surface area contributed by atoms with Crippen LogP contribution < -0.4 is 15.4 Å². The molecule has 128 valence electrons. The lowest BCUT2D eigenvalue weighted by atomic mass is 9.99. The molecule has 3 nitrogen and oxygen atoms in total. The molecule has 24 heavy (non-hydrogen) atoms. The van der Waals surface area contributed by atoms with Gasteiger partial charge in [0, 0.05) is 11.8 Å². The quantitative estimate of drug-likeness (QED) is 0.712. The lowest BCUT2D eigenvalue weighted by Gasteiger charge is -2.21. The van der Waals surface area contributed by atoms with Crippen LogP contribution >= 0.6 is 12.2 Å². The van der Waals surface area contributed by atoms with E-state index in [0.29, 0.717) is 11.7 Å². The summed E-state index contributed by atoms with van der Waals surface area (Å²) in [6, 6.07) is 14.6. The highest BCUT2D eigenvalue weighted by molar-refractivity contribution is 7.80. The summed E-state index contributed by atoms with van der Waals surface area (Å²) in [7, 11) is 0. The maximum absolute atomic E-state index is 5.52. The SMILES string of the molecule is CCOc1cccc(NC(=S)N[C@@H](CC)c2ccc(C)c(C)c2)c1. The fourth-order valence-electron chi connectivity index (χ4n) is 2.56. The lowest BCUT2D eigenvalue weighted by molar-refractivity contribution is 0.340. The highest BCUT2D eigenvalue weighted by atomic mass is 32.1. The molecule has 2 aromatic rings. The number of hydrogen-bond donors (Lipinski definition) is 2. The molecule has 0 bridgehead atoms. The molecular weight excluding hydrogens is 316 g/mol. The molecule has 0 spiro atoms. The fourth-order valence-corrected chi connectivity index (χ4v) is 2.82. The Bertz CT molecular complexity index is 700. The monoisotopic (exact) mass is 342 g/mol. The minimum Gasteiger partial charge on any atom is -0.494 e. The van der Waals surface area contributed by atoms with Gasteiger partial charge in [-0.25, -0.2) is 0 Å². The first kappa shape index (κ1) is 18.3. The van der Waals surface area contributed by atoms with Gasteiger partial charge in [0.1, 0.15) is 5.75 Å². The van der Waals surface area contributed by atoms with Gasteiger partial charge in [-0.1, -0.05) is 31.2 Å². The van der Waals surface area contributed by atoms with Crippen LogP contribution in [-0.4, -0.2) is 11.7 Å². The van der Waals surface area contributed by atoms with E-state index in [9.17, 15) is 0 Å². The highest BCUT2D eigenvalue weighted by Gasteiger charge is 2.11. The van der Waals surface area contributed by atoms with Crippen LogP contribution in [0, 0.1) is 13.8 Å². The van der Waals surface area contributed by atoms with Gasteiger partial charge >= 0.3 is 0 Å². The number of aryl methyl sites for hydroxylation is 2. The Balaban J connectivity index is 2.04. The van der Waals surface area contributed by atoms with Crippen LogP contribution in [0.15, 0.2) is 42.5 Å². The first-order chi connectivity index (χ1) is 11.5. The molecule has 0 fully saturated rings. The molecule has 2 N–H and O–H groups in total. The third kappa shape index (κ3) is 4.96. The fraction of sp³-hybridized carbons (Fsp3) is 0.350. The molecule has 2 aromatic carbocycles. The van der Waals surface area contributed by atoms with Crippen molar-refractivity contribution in [3.63, 3.8) is 0 Å². The normalized spacial score (nSPS) is 11.7. The summed E-state index contributed by atoms with van der Waals surface area (Å²) in [5, 5.41) is 7.27. The summed E-state index contributed by atoms with van der Waals surface area (Å²) >= 11 is 5.48. The number of anilines is 1. The number of thiocarbonyl (C=S) groups is 1. The molecule has 0 aliphatic heterocycles. The van der Waals surface area contributed by atoms with Crippen LogP contribution in [0.1, 0.15) is 43.0 Å². The van der Waals surface area contributed by atoms with Crippen LogP contribution in [-0.2, 0) is 0 Å². The largest absolute Gasteiger partial charge is 0.494 e. The molecule has 0 amide bonds. The van der Waals surface area contributed by atoms with E-state index < -0.39 is 0 Å². The van der Waals surface area contributed by atoms with Crippen molar-refractivity contribution < 1.29 is 4.74 Å². The van der Waals surface area contributed by atoms with Crippen molar-refractivity contribution in [2.45, 2.75) is 40.2 Å². The molecule has 0 saturated heterocycles. The Morgan fingerprint density at radius 1 is 1.08 bits per heavy atom. The Labute approximate surface area is 150 Å². The van der Waals surface area contributed by atoms with E-state index in [-0.39, 0.29) is 6.04 Å². The first-order valence-corrected chi connectivity index (χ1v) is 8.81. The van der Waals surface area contributed by atoms with Crippen molar-refractivity contribution in [3.05, 3.63) is 59.2 Å². The average molecular weight is 343 g/mol. The zero-order chi connectivity index (χ0) is 17.5. The predicted molar refractivity (Wildman–Crippen MR) is 106 cm³/mol. The molecule has 0 heterocycles. The summed E-state index contributed by atoms with van der Waals surface area (Å²) in [6.45, 7) is 9.05. The Morgan fingerprint density at radius 3 is 2.54 bits per heavy atom. The first-order valence-electron chi connectivity index (χ1n) is 8.41. The summed E-state index contributed by atoms with van der Waals surface area (Å²) in [5.74, 6) is 0.839. The van der Waals surface area contributed by atoms with Gasteiger partial charge < -0.3 is 15.4 Å². The molecule has 0 aliphatic carbocycles. The molecule has 0 unspecified atom stereocenters. The van der Waals surface area contributed by atoms with Crippen LogP contribution in [0.25, 0.3) is 0 Å². The third-order valence-electron chi connectivity index (χ3n) is 4.05. The second-order valence-electron chi connectivity index (χ2n) is 5.86. The van der Waals surface area contributed by atoms with Crippen molar-refractivity contribution in [2.24, 2.45) is 0 Å². The van der Waals surface area contributed by atoms with Crippen molar-refractivity contribution in [2.75, 3.05) is 11.9 Å². The van der Waals surface area contributed by atoms with Crippen LogP contribution in [0.2, 0.25) is 0 Å². The van der Waals surface area contributed by atoms with E-state index >= 15 is 0 Å². The predicted octanol–water partition coefficient (Wildman–Crippen LogP) is 5.14. The maximum atomic E-state index is 5.52. The molecule has 2 rings (SSSR count). The second-order valence-corrected chi connectivity index (χ2v) is 6.27. The topological polar surface area (TPSA) is 33.3 Å². The zero-order valence-electron chi connectivity index (χ0n) is 14.8. The molecule has 0 aromatic heterocycles. The van der Waals surface area contributed by atoms with Crippen molar-refractivity contribution in [3.8, 4) is 5.75 Å². The van der Waals surface area contributed by atoms with Crippen LogP contribution in [0.5, 0.6) is 5.75 Å². The molecule has 4 heteroatoms. The standard InChI is InChI=1S/C20H26N2OS/c1-5-19(16-11-10-14(3)15(4)12-16)22-20(24)21-17-8-7-9-18(13-17)23-6-2/h7-13,19H,5-6H2,1-4H3,(H2,21,22,24)/t19-/m0/s1. The number of benzene rings is 2. The maximum Gasteiger partial charge on any atom is 0.171 e. The van der Waals surface area contributed by atoms with E-state index in [2.05, 4.69) is 49.6 Å². The van der Waals surface area contributed by atoms with Crippen molar-refractivity contribution in [1.29, 1.82) is 0 Å². The summed E-state index contributed by atoms with van der Waals surface area (Å²) in [4.78, 5) is 0. The van der Waals surface area contributed by atoms with Gasteiger partial charge in [0.25, 0.3) is 0 Å². The number of hydrogen-bond acceptors (Lipinski definition) is 2. The van der Waals surface area contributed by atoms with Crippen molar-refractivity contribution >= 4 is 23.0 Å². The third-order valence-corrected chi connectivity index (χ3v) is 4.27. The van der Waals surface area contributed by atoms with E-state index in [0.717, 1.165) is 17.9 Å². The molecular formula is C20H26N2OS. The molecule has 0 radical (unpaired) electrons. The average Bonchev–Trinajstić information content (AvgIpc) is 2.56. The Morgan fingerprint density at radius 2 is 1.88 bits per heavy atom. The van der Waals surface area contributed by atoms with Crippen LogP contribution in [0.4, 0.5) is 5.69 Å². The minimum atomic E-state index is 0.194. The molecule has 0 aliphatic rings. The smallest absolute Gasteiger partial charge is 0.171 e. The van der Waals surface area contributed by atoms with Gasteiger partial charge in [-0.15, -0.1) is 0 Å². The van der Waals surface area contributed by atoms with Gasteiger partial charge in [0.2, 0.25) is 0 Å². The van der Waals surface area contributed by atoms with Gasteiger partial charge in [-0.3, -0.25) is 0 Å². The van der Waals surface area contributed by atoms with Gasteiger partial charge in [0.05, 0.1) is 12.6 Å². The zero-order valence-corrected chi connectivity index (χ0v) is 15.7. The highest BCUT2D eigenvalue weighted by Crippen LogP contribution is 2.21. The van der Waals surface area contributed by atoms with E-state index in [1.807, 2.05) is 31.2 Å². The number of ether oxygens (including phenoxy) is 1. The van der Waals surface area contributed by atoms with Crippen molar-refractivity contribution in [1.82, 2.24) is 5.32 Å². The summed E-state index contributed by atoms with van der Waals surface area (Å²) in [5.41, 5.74) is 4.79. The van der Waals surface area contributed by atoms with E-state index in [4.69, 9.17) is 17.0 Å². The lowest BCUT2D eigenvalue weighted by Crippen LogP contribution is -2.32. The Kier molecular flexibility index (Phi) is 6.62. The number of rotatable bonds is 6. The van der Waals surface area contributed by atoms with Gasteiger partial charge in [-0.05, 0) is 68.2 Å². The summed E-state index contributed by atoms with van der Waals surface area (Å²) in [6.07, 6.45) is 0.962. The van der Waals surface area contributed by atoms with Crippen LogP contribution in [0.3, 0.4) is 0 Å². The van der Waals surface area contributed by atoms with E-state index in [1.165, 1.54) is 16.7 Å². The second kappa shape index (κ2) is 8.69. The number of nitrogens with one attached hydrogen (secondary N) is 2. The molecule has 1 atom stereocenters. The minimum absolute atomic E-state index is 0.194. The summed E-state index contributed by atoms with van der Waals surface area (Å²) < 4.78 is 5.52. The Hall–Kier alpha value is -2.07. The molecule has 0 saturated carbocycles. The van der Waals surface area contributed by atoms with Gasteiger partial charge in [0.15, 0.2) is 5.11 Å².